The molecule has 0 spiro atoms. The van der Waals surface area contributed by atoms with Crippen LogP contribution in [0.2, 0.25) is 0 Å². The molecule has 3 aromatic rings. The van der Waals surface area contributed by atoms with Crippen LogP contribution < -0.4 is 10.1 Å². The van der Waals surface area contributed by atoms with Gasteiger partial charge in [0.15, 0.2) is 0 Å². The first kappa shape index (κ1) is 21.0. The molecule has 162 valence electrons. The van der Waals surface area contributed by atoms with Crippen LogP contribution in [0.3, 0.4) is 0 Å². The van der Waals surface area contributed by atoms with Gasteiger partial charge < -0.3 is 14.8 Å². The Labute approximate surface area is 182 Å². The summed E-state index contributed by atoms with van der Waals surface area (Å²) < 4.78 is 13.5. The van der Waals surface area contributed by atoms with Crippen LogP contribution in [0, 0.1) is 5.92 Å². The number of imidazole rings is 1. The number of hydrogen-bond donors (Lipinski definition) is 1. The lowest BCUT2D eigenvalue weighted by molar-refractivity contribution is -0.139. The fraction of sp³-hybridized carbons (Fsp3) is 0.360. The van der Waals surface area contributed by atoms with Crippen LogP contribution in [-0.2, 0) is 9.53 Å². The van der Waals surface area contributed by atoms with Gasteiger partial charge in [-0.3, -0.25) is 4.57 Å². The second-order valence-electron chi connectivity index (χ2n) is 8.18. The van der Waals surface area contributed by atoms with Gasteiger partial charge in [-0.2, -0.15) is 0 Å². The van der Waals surface area contributed by atoms with Crippen LogP contribution in [0.15, 0.2) is 59.8 Å². The van der Waals surface area contributed by atoms with E-state index in [-0.39, 0.29) is 12.0 Å². The van der Waals surface area contributed by atoms with Crippen LogP contribution in [-0.4, -0.2) is 28.7 Å². The van der Waals surface area contributed by atoms with E-state index in [1.165, 1.54) is 0 Å². The lowest BCUT2D eigenvalue weighted by atomic mass is 9.95. The highest BCUT2D eigenvalue weighted by molar-refractivity contribution is 5.94. The Kier molecular flexibility index (Phi) is 5.98. The SMILES string of the molecule is CCOC(=O)C1=C(C)Nc2nc3ccccc3n2[C@@H]1c1cccc(OCCC(C)C)c1. The van der Waals surface area contributed by atoms with Crippen LogP contribution in [0.1, 0.15) is 45.7 Å². The molecule has 2 aromatic carbocycles. The minimum atomic E-state index is -0.364. The van der Waals surface area contributed by atoms with Gasteiger partial charge in [-0.15, -0.1) is 0 Å². The summed E-state index contributed by atoms with van der Waals surface area (Å²) in [4.78, 5) is 17.8. The number of carbonyl (C=O) groups excluding carboxylic acids is 1. The number of anilines is 1. The molecular weight excluding hydrogens is 390 g/mol. The molecular formula is C25H29N3O3. The quantitative estimate of drug-likeness (QED) is 0.526. The maximum absolute atomic E-state index is 13.0. The fourth-order valence-electron chi connectivity index (χ4n) is 3.94. The number of aromatic nitrogens is 2. The molecule has 1 aliphatic rings. The maximum Gasteiger partial charge on any atom is 0.338 e. The number of allylic oxidation sites excluding steroid dienone is 1. The van der Waals surface area contributed by atoms with Crippen molar-refractivity contribution in [2.75, 3.05) is 18.5 Å². The van der Waals surface area contributed by atoms with Gasteiger partial charge in [-0.05, 0) is 56.0 Å². The monoisotopic (exact) mass is 419 g/mol. The summed E-state index contributed by atoms with van der Waals surface area (Å²) in [5.41, 5.74) is 4.11. The first-order valence-corrected chi connectivity index (χ1v) is 10.8. The Morgan fingerprint density at radius 1 is 1.19 bits per heavy atom. The minimum absolute atomic E-state index is 0.318. The van der Waals surface area contributed by atoms with Crippen molar-refractivity contribution in [3.8, 4) is 5.75 Å². The minimum Gasteiger partial charge on any atom is -0.494 e. The highest BCUT2D eigenvalue weighted by Crippen LogP contribution is 2.40. The summed E-state index contributed by atoms with van der Waals surface area (Å²) in [6, 6.07) is 15.5. The predicted octanol–water partition coefficient (Wildman–Crippen LogP) is 5.31. The third-order valence-corrected chi connectivity index (χ3v) is 5.46. The van der Waals surface area contributed by atoms with Gasteiger partial charge in [0, 0.05) is 5.70 Å². The van der Waals surface area contributed by atoms with Crippen molar-refractivity contribution in [2.45, 2.75) is 40.2 Å². The molecule has 0 unspecified atom stereocenters. The molecule has 1 aliphatic heterocycles. The third kappa shape index (κ3) is 4.15. The number of benzene rings is 2. The number of hydrogen-bond acceptors (Lipinski definition) is 5. The van der Waals surface area contributed by atoms with Gasteiger partial charge in [0.2, 0.25) is 5.95 Å². The molecule has 2 heterocycles. The molecule has 0 saturated carbocycles. The van der Waals surface area contributed by atoms with Crippen molar-refractivity contribution >= 4 is 23.0 Å². The van der Waals surface area contributed by atoms with E-state index in [1.54, 1.807) is 0 Å². The summed E-state index contributed by atoms with van der Waals surface area (Å²) in [7, 11) is 0. The standard InChI is InChI=1S/C25H29N3O3/c1-5-30-24(29)22-17(4)26-25-27-20-11-6-7-12-21(20)28(25)23(22)18-9-8-10-19(15-18)31-14-13-16(2)3/h6-12,15-16,23H,5,13-14H2,1-4H3,(H,26,27)/t23-/m1/s1. The van der Waals surface area contributed by atoms with Crippen molar-refractivity contribution < 1.29 is 14.3 Å². The lowest BCUT2D eigenvalue weighted by Gasteiger charge is -2.30. The molecule has 0 radical (unpaired) electrons. The van der Waals surface area contributed by atoms with E-state index in [9.17, 15) is 4.79 Å². The highest BCUT2D eigenvalue weighted by Gasteiger charge is 2.35. The zero-order chi connectivity index (χ0) is 22.0. The van der Waals surface area contributed by atoms with Crippen LogP contribution in [0.4, 0.5) is 5.95 Å². The van der Waals surface area contributed by atoms with Gasteiger partial charge in [0.05, 0.1) is 35.9 Å². The average Bonchev–Trinajstić information content (AvgIpc) is 3.10. The molecule has 1 atom stereocenters. The second kappa shape index (κ2) is 8.84. The van der Waals surface area contributed by atoms with Crippen molar-refractivity contribution in [2.24, 2.45) is 5.92 Å². The number of fused-ring (bicyclic) bond motifs is 3. The Morgan fingerprint density at radius 3 is 2.77 bits per heavy atom. The van der Waals surface area contributed by atoms with Gasteiger partial charge in [0.1, 0.15) is 5.75 Å². The van der Waals surface area contributed by atoms with E-state index in [0.717, 1.165) is 34.5 Å². The van der Waals surface area contributed by atoms with E-state index in [4.69, 9.17) is 14.5 Å². The first-order valence-electron chi connectivity index (χ1n) is 10.8. The van der Waals surface area contributed by atoms with Gasteiger partial charge in [0.25, 0.3) is 0 Å². The number of carbonyl (C=O) groups is 1. The molecule has 6 nitrogen and oxygen atoms in total. The smallest absolute Gasteiger partial charge is 0.338 e. The van der Waals surface area contributed by atoms with Gasteiger partial charge in [-0.1, -0.05) is 38.1 Å². The van der Waals surface area contributed by atoms with Crippen LogP contribution in [0.25, 0.3) is 11.0 Å². The zero-order valence-corrected chi connectivity index (χ0v) is 18.5. The summed E-state index contributed by atoms with van der Waals surface area (Å²) >= 11 is 0. The van der Waals surface area contributed by atoms with E-state index >= 15 is 0 Å². The molecule has 0 saturated heterocycles. The van der Waals surface area contributed by atoms with Crippen molar-refractivity contribution in [1.82, 2.24) is 9.55 Å². The Balaban J connectivity index is 1.82. The highest BCUT2D eigenvalue weighted by atomic mass is 16.5. The number of rotatable bonds is 7. The molecule has 31 heavy (non-hydrogen) atoms. The van der Waals surface area contributed by atoms with Crippen molar-refractivity contribution in [3.05, 3.63) is 65.4 Å². The largest absolute Gasteiger partial charge is 0.494 e. The van der Waals surface area contributed by atoms with Crippen molar-refractivity contribution in [3.63, 3.8) is 0 Å². The number of nitrogens with one attached hydrogen (secondary N) is 1. The summed E-state index contributed by atoms with van der Waals surface area (Å²) in [5.74, 6) is 1.76. The van der Waals surface area contributed by atoms with E-state index < -0.39 is 0 Å². The molecule has 0 fully saturated rings. The number of esters is 1. The fourth-order valence-corrected chi connectivity index (χ4v) is 3.94. The van der Waals surface area contributed by atoms with Crippen molar-refractivity contribution in [1.29, 1.82) is 0 Å². The van der Waals surface area contributed by atoms with E-state index in [0.29, 0.717) is 30.7 Å². The predicted molar refractivity (Wildman–Crippen MR) is 122 cm³/mol. The first-order chi connectivity index (χ1) is 15.0. The zero-order valence-electron chi connectivity index (χ0n) is 18.5. The Morgan fingerprint density at radius 2 is 2.00 bits per heavy atom. The third-order valence-electron chi connectivity index (χ3n) is 5.46. The number of ether oxygens (including phenoxy) is 2. The number of para-hydroxylation sites is 2. The molecule has 1 aromatic heterocycles. The molecule has 0 aliphatic carbocycles. The maximum atomic E-state index is 13.0. The normalized spacial score (nSPS) is 15.7. The van der Waals surface area contributed by atoms with E-state index in [2.05, 4.69) is 23.7 Å². The molecule has 0 amide bonds. The second-order valence-corrected chi connectivity index (χ2v) is 8.18. The van der Waals surface area contributed by atoms with Gasteiger partial charge in [-0.25, -0.2) is 9.78 Å². The average molecular weight is 420 g/mol. The van der Waals surface area contributed by atoms with Crippen LogP contribution >= 0.6 is 0 Å². The molecule has 4 rings (SSSR count). The van der Waals surface area contributed by atoms with Crippen LogP contribution in [0.5, 0.6) is 5.75 Å². The topological polar surface area (TPSA) is 65.4 Å². The molecule has 6 heteroatoms. The summed E-state index contributed by atoms with van der Waals surface area (Å²) in [6.07, 6.45) is 0.987. The lowest BCUT2D eigenvalue weighted by Crippen LogP contribution is -2.29. The Hall–Kier alpha value is -3.28. The molecule has 1 N–H and O–H groups in total. The molecule has 0 bridgehead atoms. The number of nitrogens with zero attached hydrogens (tertiary/aromatic N) is 2. The summed E-state index contributed by atoms with van der Waals surface area (Å²) in [5, 5.41) is 3.30. The van der Waals surface area contributed by atoms with E-state index in [1.807, 2.05) is 62.4 Å². The Bertz CT molecular complexity index is 1130. The summed E-state index contributed by atoms with van der Waals surface area (Å²) in [6.45, 7) is 9.05. The van der Waals surface area contributed by atoms with Gasteiger partial charge >= 0.3 is 5.97 Å².